The molecule has 1 aliphatic heterocycles. The average Bonchev–Trinajstić information content (AvgIpc) is 3.27. The molecule has 1 saturated heterocycles. The Kier molecular flexibility index (Phi) is 2.99. The summed E-state index contributed by atoms with van der Waals surface area (Å²) in [6.07, 6.45) is 5.40. The van der Waals surface area contributed by atoms with Crippen molar-refractivity contribution in [2.75, 3.05) is 18.0 Å². The first-order valence-corrected chi connectivity index (χ1v) is 7.05. The van der Waals surface area contributed by atoms with Crippen molar-refractivity contribution in [2.24, 2.45) is 0 Å². The van der Waals surface area contributed by atoms with Crippen LogP contribution in [0.15, 0.2) is 41.5 Å². The van der Waals surface area contributed by atoms with E-state index >= 15 is 0 Å². The zero-order valence-electron chi connectivity index (χ0n) is 11.7. The molecule has 1 fully saturated rings. The van der Waals surface area contributed by atoms with Crippen LogP contribution in [0.5, 0.6) is 0 Å². The molecule has 22 heavy (non-hydrogen) atoms. The van der Waals surface area contributed by atoms with E-state index in [1.807, 2.05) is 12.1 Å². The number of carbonyl (C=O) groups is 1. The molecule has 4 heterocycles. The smallest absolute Gasteiger partial charge is 0.254 e. The van der Waals surface area contributed by atoms with Gasteiger partial charge >= 0.3 is 0 Å². The molecule has 1 aliphatic rings. The van der Waals surface area contributed by atoms with Crippen molar-refractivity contribution in [3.05, 3.63) is 42.6 Å². The predicted octanol–water partition coefficient (Wildman–Crippen LogP) is 0.726. The molecule has 0 saturated carbocycles. The Labute approximate surface area is 125 Å². The molecule has 0 bridgehead atoms. The second kappa shape index (κ2) is 5.14. The van der Waals surface area contributed by atoms with Crippen molar-refractivity contribution in [2.45, 2.75) is 12.5 Å². The van der Waals surface area contributed by atoms with Crippen LogP contribution < -0.4 is 10.2 Å². The van der Waals surface area contributed by atoms with Crippen LogP contribution in [-0.4, -0.2) is 44.8 Å². The summed E-state index contributed by atoms with van der Waals surface area (Å²) in [5.41, 5.74) is 1.26. The Morgan fingerprint density at radius 1 is 1.36 bits per heavy atom. The van der Waals surface area contributed by atoms with Crippen LogP contribution in [0.25, 0.3) is 5.65 Å². The number of hydrogen-bond acceptors (Lipinski definition) is 6. The molecule has 1 N–H and O–H groups in total. The molecule has 8 nitrogen and oxygen atoms in total. The van der Waals surface area contributed by atoms with Crippen molar-refractivity contribution in [3.63, 3.8) is 0 Å². The molecule has 3 aromatic rings. The van der Waals surface area contributed by atoms with E-state index in [0.29, 0.717) is 11.2 Å². The van der Waals surface area contributed by atoms with Crippen LogP contribution >= 0.6 is 0 Å². The third kappa shape index (κ3) is 2.28. The summed E-state index contributed by atoms with van der Waals surface area (Å²) in [7, 11) is 0. The van der Waals surface area contributed by atoms with E-state index in [9.17, 15) is 4.79 Å². The lowest BCUT2D eigenvalue weighted by molar-refractivity contribution is 0.0940. The summed E-state index contributed by atoms with van der Waals surface area (Å²) in [6.45, 7) is 1.57. The standard InChI is InChI=1S/C14H14N6O2/c21-14(10-4-6-22-8-10)16-11-3-5-19(7-11)13-2-1-12-17-15-9-20(12)18-13/h1-2,4,6,8-9,11H,3,5,7H2,(H,16,21)/t11-/m0/s1. The highest BCUT2D eigenvalue weighted by molar-refractivity contribution is 5.94. The van der Waals surface area contributed by atoms with Crippen LogP contribution in [0, 0.1) is 0 Å². The number of rotatable bonds is 3. The van der Waals surface area contributed by atoms with Gasteiger partial charge in [0.15, 0.2) is 5.65 Å². The number of furan rings is 1. The number of nitrogens with one attached hydrogen (secondary N) is 1. The van der Waals surface area contributed by atoms with Gasteiger partial charge in [0.25, 0.3) is 5.91 Å². The number of amides is 1. The van der Waals surface area contributed by atoms with Gasteiger partial charge in [-0.2, -0.15) is 4.52 Å². The van der Waals surface area contributed by atoms with Gasteiger partial charge in [0.05, 0.1) is 11.8 Å². The van der Waals surface area contributed by atoms with Crippen molar-refractivity contribution >= 4 is 17.4 Å². The number of aromatic nitrogens is 4. The molecule has 0 aromatic carbocycles. The molecular weight excluding hydrogens is 284 g/mol. The molecule has 8 heteroatoms. The second-order valence-electron chi connectivity index (χ2n) is 5.24. The van der Waals surface area contributed by atoms with Crippen LogP contribution in [0.3, 0.4) is 0 Å². The highest BCUT2D eigenvalue weighted by atomic mass is 16.3. The van der Waals surface area contributed by atoms with Crippen LogP contribution in [0.4, 0.5) is 5.82 Å². The van der Waals surface area contributed by atoms with Crippen molar-refractivity contribution < 1.29 is 9.21 Å². The van der Waals surface area contributed by atoms with Crippen LogP contribution in [0.1, 0.15) is 16.8 Å². The van der Waals surface area contributed by atoms with Gasteiger partial charge in [0.2, 0.25) is 0 Å². The summed E-state index contributed by atoms with van der Waals surface area (Å²) in [4.78, 5) is 14.2. The van der Waals surface area contributed by atoms with E-state index in [1.165, 1.54) is 12.5 Å². The van der Waals surface area contributed by atoms with E-state index in [0.717, 1.165) is 25.3 Å². The first kappa shape index (κ1) is 12.8. The Balaban J connectivity index is 1.44. The lowest BCUT2D eigenvalue weighted by Gasteiger charge is -2.17. The summed E-state index contributed by atoms with van der Waals surface area (Å²) < 4.78 is 6.57. The third-order valence-corrected chi connectivity index (χ3v) is 3.78. The number of fused-ring (bicyclic) bond motifs is 1. The van der Waals surface area contributed by atoms with E-state index in [2.05, 4.69) is 25.5 Å². The second-order valence-corrected chi connectivity index (χ2v) is 5.24. The van der Waals surface area contributed by atoms with Gasteiger partial charge in [-0.3, -0.25) is 4.79 Å². The fourth-order valence-electron chi connectivity index (χ4n) is 2.64. The molecule has 3 aromatic heterocycles. The van der Waals surface area contributed by atoms with Gasteiger partial charge in [-0.15, -0.1) is 15.3 Å². The minimum Gasteiger partial charge on any atom is -0.472 e. The Bertz CT molecular complexity index is 797. The quantitative estimate of drug-likeness (QED) is 0.766. The van der Waals surface area contributed by atoms with E-state index in [1.54, 1.807) is 16.9 Å². The lowest BCUT2D eigenvalue weighted by Crippen LogP contribution is -2.37. The number of anilines is 1. The van der Waals surface area contributed by atoms with Gasteiger partial charge in [-0.1, -0.05) is 0 Å². The molecule has 1 atom stereocenters. The third-order valence-electron chi connectivity index (χ3n) is 3.78. The average molecular weight is 298 g/mol. The maximum absolute atomic E-state index is 12.0. The zero-order chi connectivity index (χ0) is 14.9. The Morgan fingerprint density at radius 3 is 3.18 bits per heavy atom. The fourth-order valence-corrected chi connectivity index (χ4v) is 2.64. The van der Waals surface area contributed by atoms with Gasteiger partial charge in [0, 0.05) is 19.1 Å². The van der Waals surface area contributed by atoms with Crippen LogP contribution in [-0.2, 0) is 0 Å². The van der Waals surface area contributed by atoms with Gasteiger partial charge in [-0.25, -0.2) is 0 Å². The minimum atomic E-state index is -0.108. The molecule has 0 spiro atoms. The highest BCUT2D eigenvalue weighted by Crippen LogP contribution is 2.18. The normalized spacial score (nSPS) is 18.0. The first-order chi connectivity index (χ1) is 10.8. The van der Waals surface area contributed by atoms with E-state index in [-0.39, 0.29) is 11.9 Å². The summed E-state index contributed by atoms with van der Waals surface area (Å²) in [6, 6.07) is 5.56. The molecular formula is C14H14N6O2. The maximum atomic E-state index is 12.0. The molecule has 0 aliphatic carbocycles. The van der Waals surface area contributed by atoms with E-state index < -0.39 is 0 Å². The van der Waals surface area contributed by atoms with Crippen molar-refractivity contribution in [1.29, 1.82) is 0 Å². The summed E-state index contributed by atoms with van der Waals surface area (Å²) >= 11 is 0. The summed E-state index contributed by atoms with van der Waals surface area (Å²) in [5, 5.41) is 15.2. The van der Waals surface area contributed by atoms with Crippen molar-refractivity contribution in [3.8, 4) is 0 Å². The first-order valence-electron chi connectivity index (χ1n) is 7.05. The molecule has 112 valence electrons. The number of hydrogen-bond donors (Lipinski definition) is 1. The summed E-state index contributed by atoms with van der Waals surface area (Å²) in [5.74, 6) is 0.746. The van der Waals surface area contributed by atoms with Gasteiger partial charge in [-0.05, 0) is 24.6 Å². The van der Waals surface area contributed by atoms with Gasteiger partial charge < -0.3 is 14.6 Å². The highest BCUT2D eigenvalue weighted by Gasteiger charge is 2.25. The largest absolute Gasteiger partial charge is 0.472 e. The molecule has 0 unspecified atom stereocenters. The zero-order valence-corrected chi connectivity index (χ0v) is 11.7. The Hall–Kier alpha value is -2.90. The fraction of sp³-hybridized carbons (Fsp3) is 0.286. The predicted molar refractivity (Wildman–Crippen MR) is 77.6 cm³/mol. The Morgan fingerprint density at radius 2 is 2.32 bits per heavy atom. The monoisotopic (exact) mass is 298 g/mol. The maximum Gasteiger partial charge on any atom is 0.254 e. The lowest BCUT2D eigenvalue weighted by atomic mass is 10.2. The van der Waals surface area contributed by atoms with Gasteiger partial charge in [0.1, 0.15) is 18.4 Å². The van der Waals surface area contributed by atoms with Crippen molar-refractivity contribution in [1.82, 2.24) is 25.1 Å². The minimum absolute atomic E-state index is 0.0980. The molecule has 1 amide bonds. The molecule has 0 radical (unpaired) electrons. The molecule has 4 rings (SSSR count). The number of carbonyl (C=O) groups excluding carboxylic acids is 1. The SMILES string of the molecule is O=C(N[C@H]1CCN(c2ccc3nncn3n2)C1)c1ccoc1. The van der Waals surface area contributed by atoms with E-state index in [4.69, 9.17) is 4.42 Å². The van der Waals surface area contributed by atoms with Crippen LogP contribution in [0.2, 0.25) is 0 Å². The topological polar surface area (TPSA) is 88.6 Å². The number of nitrogens with zero attached hydrogens (tertiary/aromatic N) is 5.